The van der Waals surface area contributed by atoms with Crippen molar-refractivity contribution in [1.29, 1.82) is 0 Å². The SMILES string of the molecule is Cc1nc(C(=O)NC2CCOCC2)n[nH]1. The molecule has 2 rings (SSSR count). The van der Waals surface area contributed by atoms with Gasteiger partial charge in [0, 0.05) is 19.3 Å². The Bertz CT molecular complexity index is 344. The number of carbonyl (C=O) groups is 1. The minimum atomic E-state index is -0.216. The molecule has 15 heavy (non-hydrogen) atoms. The van der Waals surface area contributed by atoms with Gasteiger partial charge in [-0.15, -0.1) is 5.10 Å². The Kier molecular flexibility index (Phi) is 2.96. The highest BCUT2D eigenvalue weighted by Crippen LogP contribution is 2.06. The maximum Gasteiger partial charge on any atom is 0.291 e. The molecule has 0 atom stereocenters. The molecule has 2 N–H and O–H groups in total. The Balaban J connectivity index is 1.91. The van der Waals surface area contributed by atoms with E-state index in [0.29, 0.717) is 19.0 Å². The van der Waals surface area contributed by atoms with Crippen LogP contribution in [0.25, 0.3) is 0 Å². The topological polar surface area (TPSA) is 79.9 Å². The first-order valence-electron chi connectivity index (χ1n) is 5.03. The number of nitrogens with one attached hydrogen (secondary N) is 2. The number of amides is 1. The summed E-state index contributed by atoms with van der Waals surface area (Å²) < 4.78 is 5.20. The minimum absolute atomic E-state index is 0.185. The normalized spacial score (nSPS) is 17.7. The number of nitrogens with zero attached hydrogens (tertiary/aromatic N) is 2. The average Bonchev–Trinajstić information content (AvgIpc) is 2.66. The number of aromatic nitrogens is 3. The molecule has 0 aromatic carbocycles. The van der Waals surface area contributed by atoms with Crippen molar-refractivity contribution in [3.05, 3.63) is 11.6 Å². The van der Waals surface area contributed by atoms with Gasteiger partial charge >= 0.3 is 0 Å². The van der Waals surface area contributed by atoms with Crippen molar-refractivity contribution in [2.24, 2.45) is 0 Å². The van der Waals surface area contributed by atoms with Crippen LogP contribution in [0.15, 0.2) is 0 Å². The molecule has 0 unspecified atom stereocenters. The van der Waals surface area contributed by atoms with Crippen LogP contribution in [0.5, 0.6) is 0 Å². The lowest BCUT2D eigenvalue weighted by atomic mass is 10.1. The summed E-state index contributed by atoms with van der Waals surface area (Å²) >= 11 is 0. The summed E-state index contributed by atoms with van der Waals surface area (Å²) in [4.78, 5) is 15.6. The first kappa shape index (κ1) is 10.1. The summed E-state index contributed by atoms with van der Waals surface area (Å²) in [6, 6.07) is 0.185. The quantitative estimate of drug-likeness (QED) is 0.721. The Morgan fingerprint density at radius 1 is 1.53 bits per heavy atom. The molecular weight excluding hydrogens is 196 g/mol. The second kappa shape index (κ2) is 4.39. The van der Waals surface area contributed by atoms with Gasteiger partial charge in [0.25, 0.3) is 5.91 Å². The second-order valence-corrected chi connectivity index (χ2v) is 3.60. The van der Waals surface area contributed by atoms with Crippen LogP contribution in [-0.4, -0.2) is 40.3 Å². The molecule has 6 heteroatoms. The smallest absolute Gasteiger partial charge is 0.291 e. The van der Waals surface area contributed by atoms with E-state index in [2.05, 4.69) is 20.5 Å². The fraction of sp³-hybridized carbons (Fsp3) is 0.667. The minimum Gasteiger partial charge on any atom is -0.381 e. The molecule has 0 saturated carbocycles. The van der Waals surface area contributed by atoms with Gasteiger partial charge in [-0.2, -0.15) is 0 Å². The third-order valence-electron chi connectivity index (χ3n) is 2.36. The van der Waals surface area contributed by atoms with Crippen LogP contribution in [0.4, 0.5) is 0 Å². The maximum atomic E-state index is 11.6. The van der Waals surface area contributed by atoms with E-state index >= 15 is 0 Å². The van der Waals surface area contributed by atoms with E-state index in [1.165, 1.54) is 0 Å². The molecular formula is C9H14N4O2. The van der Waals surface area contributed by atoms with E-state index in [-0.39, 0.29) is 17.8 Å². The standard InChI is InChI=1S/C9H14N4O2/c1-6-10-8(13-12-6)9(14)11-7-2-4-15-5-3-7/h7H,2-5H2,1H3,(H,11,14)(H,10,12,13). The summed E-state index contributed by atoms with van der Waals surface area (Å²) in [5.74, 6) is 0.636. The number of hydrogen-bond donors (Lipinski definition) is 2. The van der Waals surface area contributed by atoms with E-state index in [1.54, 1.807) is 6.92 Å². The van der Waals surface area contributed by atoms with Gasteiger partial charge in [0.15, 0.2) is 0 Å². The van der Waals surface area contributed by atoms with Crippen molar-refractivity contribution in [2.45, 2.75) is 25.8 Å². The van der Waals surface area contributed by atoms with Crippen LogP contribution >= 0.6 is 0 Å². The lowest BCUT2D eigenvalue weighted by Gasteiger charge is -2.22. The molecule has 1 aliphatic rings. The summed E-state index contributed by atoms with van der Waals surface area (Å²) in [5.41, 5.74) is 0. The number of aromatic amines is 1. The molecule has 82 valence electrons. The van der Waals surface area contributed by atoms with Gasteiger partial charge in [0.1, 0.15) is 5.82 Å². The zero-order valence-electron chi connectivity index (χ0n) is 8.62. The molecule has 1 fully saturated rings. The number of rotatable bonds is 2. The molecule has 0 aliphatic carbocycles. The van der Waals surface area contributed by atoms with Crippen LogP contribution in [0.3, 0.4) is 0 Å². The first-order valence-corrected chi connectivity index (χ1v) is 5.03. The molecule has 0 spiro atoms. The highest BCUT2D eigenvalue weighted by Gasteiger charge is 2.18. The average molecular weight is 210 g/mol. The van der Waals surface area contributed by atoms with Gasteiger partial charge in [0.05, 0.1) is 0 Å². The van der Waals surface area contributed by atoms with Crippen LogP contribution < -0.4 is 5.32 Å². The summed E-state index contributed by atoms with van der Waals surface area (Å²) in [6.07, 6.45) is 1.71. The van der Waals surface area contributed by atoms with Crippen LogP contribution in [-0.2, 0) is 4.74 Å². The fourth-order valence-electron chi connectivity index (χ4n) is 1.54. The number of ether oxygens (including phenoxy) is 1. The van der Waals surface area contributed by atoms with E-state index in [0.717, 1.165) is 12.8 Å². The Morgan fingerprint density at radius 2 is 2.27 bits per heavy atom. The molecule has 1 aromatic rings. The van der Waals surface area contributed by atoms with Gasteiger partial charge in [0.2, 0.25) is 5.82 Å². The summed E-state index contributed by atoms with van der Waals surface area (Å²) in [5, 5.41) is 9.33. The van der Waals surface area contributed by atoms with Gasteiger partial charge in [-0.25, -0.2) is 4.98 Å². The van der Waals surface area contributed by atoms with Gasteiger partial charge in [-0.05, 0) is 19.8 Å². The Morgan fingerprint density at radius 3 is 2.87 bits per heavy atom. The maximum absolute atomic E-state index is 11.6. The molecule has 6 nitrogen and oxygen atoms in total. The zero-order chi connectivity index (χ0) is 10.7. The zero-order valence-corrected chi connectivity index (χ0v) is 8.62. The first-order chi connectivity index (χ1) is 7.25. The molecule has 1 amide bonds. The van der Waals surface area contributed by atoms with E-state index < -0.39 is 0 Å². The van der Waals surface area contributed by atoms with Crippen molar-refractivity contribution < 1.29 is 9.53 Å². The number of aryl methyl sites for hydroxylation is 1. The summed E-state index contributed by atoms with van der Waals surface area (Å²) in [7, 11) is 0. The number of H-pyrrole nitrogens is 1. The third-order valence-corrected chi connectivity index (χ3v) is 2.36. The number of carbonyl (C=O) groups excluding carboxylic acids is 1. The van der Waals surface area contributed by atoms with Crippen LogP contribution in [0.1, 0.15) is 29.3 Å². The van der Waals surface area contributed by atoms with Crippen LogP contribution in [0, 0.1) is 6.92 Å². The molecule has 0 bridgehead atoms. The predicted molar refractivity (Wildman–Crippen MR) is 52.4 cm³/mol. The summed E-state index contributed by atoms with van der Waals surface area (Å²) in [6.45, 7) is 3.17. The van der Waals surface area contributed by atoms with Crippen molar-refractivity contribution >= 4 is 5.91 Å². The Labute approximate surface area is 87.4 Å². The monoisotopic (exact) mass is 210 g/mol. The lowest BCUT2D eigenvalue weighted by Crippen LogP contribution is -2.39. The van der Waals surface area contributed by atoms with Crippen molar-refractivity contribution in [1.82, 2.24) is 20.5 Å². The highest BCUT2D eigenvalue weighted by atomic mass is 16.5. The fourth-order valence-corrected chi connectivity index (χ4v) is 1.54. The van der Waals surface area contributed by atoms with E-state index in [4.69, 9.17) is 4.74 Å². The van der Waals surface area contributed by atoms with E-state index in [9.17, 15) is 4.79 Å². The molecule has 0 radical (unpaired) electrons. The van der Waals surface area contributed by atoms with Gasteiger partial charge in [-0.3, -0.25) is 9.89 Å². The number of hydrogen-bond acceptors (Lipinski definition) is 4. The van der Waals surface area contributed by atoms with Gasteiger partial charge < -0.3 is 10.1 Å². The Hall–Kier alpha value is -1.43. The molecule has 1 aliphatic heterocycles. The molecule has 1 saturated heterocycles. The molecule has 2 heterocycles. The van der Waals surface area contributed by atoms with Crippen molar-refractivity contribution in [3.63, 3.8) is 0 Å². The molecule has 1 aromatic heterocycles. The lowest BCUT2D eigenvalue weighted by molar-refractivity contribution is 0.0692. The highest BCUT2D eigenvalue weighted by molar-refractivity contribution is 5.90. The van der Waals surface area contributed by atoms with Crippen molar-refractivity contribution in [2.75, 3.05) is 13.2 Å². The third kappa shape index (κ3) is 2.53. The second-order valence-electron chi connectivity index (χ2n) is 3.60. The van der Waals surface area contributed by atoms with E-state index in [1.807, 2.05) is 0 Å². The largest absolute Gasteiger partial charge is 0.381 e. The van der Waals surface area contributed by atoms with Crippen molar-refractivity contribution in [3.8, 4) is 0 Å². The van der Waals surface area contributed by atoms with Crippen LogP contribution in [0.2, 0.25) is 0 Å². The van der Waals surface area contributed by atoms with Gasteiger partial charge in [-0.1, -0.05) is 0 Å². The predicted octanol–water partition coefficient (Wildman–Crippen LogP) is 0.0219.